The second-order valence-electron chi connectivity index (χ2n) is 6.08. The molecular formula is C19H22N4O4. The Morgan fingerprint density at radius 2 is 1.59 bits per heavy atom. The standard InChI is InChI=1S/C19H22N4O4/c1-3-14-6-4-5-7-17(14)21-19(25)13-22(2)12-18(24)20-15-8-10-16(11-9-15)23(26)27/h4-11H,3,12-13H2,1-2H3,(H,20,24)(H,21,25). The zero-order valence-electron chi connectivity index (χ0n) is 15.3. The molecule has 0 heterocycles. The molecular weight excluding hydrogens is 348 g/mol. The van der Waals surface area contributed by atoms with E-state index < -0.39 is 4.92 Å². The maximum atomic E-state index is 12.2. The van der Waals surface area contributed by atoms with Crippen LogP contribution < -0.4 is 10.6 Å². The number of nitrogens with zero attached hydrogens (tertiary/aromatic N) is 2. The number of amides is 2. The van der Waals surface area contributed by atoms with Gasteiger partial charge < -0.3 is 10.6 Å². The van der Waals surface area contributed by atoms with Gasteiger partial charge in [0, 0.05) is 23.5 Å². The number of para-hydroxylation sites is 1. The minimum Gasteiger partial charge on any atom is -0.325 e. The molecule has 2 aromatic rings. The molecule has 0 spiro atoms. The van der Waals surface area contributed by atoms with Gasteiger partial charge in [-0.15, -0.1) is 0 Å². The average Bonchev–Trinajstić information content (AvgIpc) is 2.62. The van der Waals surface area contributed by atoms with Crippen LogP contribution in [0.25, 0.3) is 0 Å². The van der Waals surface area contributed by atoms with Crippen LogP contribution >= 0.6 is 0 Å². The van der Waals surface area contributed by atoms with E-state index in [1.54, 1.807) is 11.9 Å². The fraction of sp³-hybridized carbons (Fsp3) is 0.263. The molecule has 8 heteroatoms. The average molecular weight is 370 g/mol. The minimum absolute atomic E-state index is 0.0137. The number of benzene rings is 2. The number of likely N-dealkylation sites (N-methyl/N-ethyl adjacent to an activating group) is 1. The van der Waals surface area contributed by atoms with Crippen LogP contribution in [0.5, 0.6) is 0 Å². The Morgan fingerprint density at radius 1 is 1.00 bits per heavy atom. The summed E-state index contributed by atoms with van der Waals surface area (Å²) in [5.74, 6) is -0.519. The van der Waals surface area contributed by atoms with Crippen molar-refractivity contribution in [3.8, 4) is 0 Å². The van der Waals surface area contributed by atoms with Gasteiger partial charge >= 0.3 is 0 Å². The van der Waals surface area contributed by atoms with Crippen molar-refractivity contribution in [3.05, 3.63) is 64.2 Å². The molecule has 0 fully saturated rings. The lowest BCUT2D eigenvalue weighted by Gasteiger charge is -2.17. The van der Waals surface area contributed by atoms with Crippen molar-refractivity contribution >= 4 is 28.9 Å². The van der Waals surface area contributed by atoms with Crippen LogP contribution in [0.3, 0.4) is 0 Å². The second kappa shape index (κ2) is 9.44. The van der Waals surface area contributed by atoms with Crippen LogP contribution in [0, 0.1) is 10.1 Å². The molecule has 8 nitrogen and oxygen atoms in total. The van der Waals surface area contributed by atoms with Crippen molar-refractivity contribution in [1.29, 1.82) is 0 Å². The first-order chi connectivity index (χ1) is 12.9. The van der Waals surface area contributed by atoms with Gasteiger partial charge in [0.1, 0.15) is 0 Å². The molecule has 2 N–H and O–H groups in total. The number of aryl methyl sites for hydroxylation is 1. The Balaban J connectivity index is 1.83. The number of nitrogens with one attached hydrogen (secondary N) is 2. The number of carbonyl (C=O) groups excluding carboxylic acids is 2. The van der Waals surface area contributed by atoms with E-state index >= 15 is 0 Å². The van der Waals surface area contributed by atoms with Gasteiger partial charge in [0.05, 0.1) is 18.0 Å². The van der Waals surface area contributed by atoms with E-state index in [0.29, 0.717) is 5.69 Å². The van der Waals surface area contributed by atoms with Crippen LogP contribution in [-0.4, -0.2) is 41.8 Å². The minimum atomic E-state index is -0.505. The number of nitro groups is 1. The fourth-order valence-corrected chi connectivity index (χ4v) is 2.55. The van der Waals surface area contributed by atoms with E-state index in [-0.39, 0.29) is 30.6 Å². The normalized spacial score (nSPS) is 10.5. The number of non-ortho nitro benzene ring substituents is 1. The van der Waals surface area contributed by atoms with Gasteiger partial charge in [-0.2, -0.15) is 0 Å². The molecule has 0 bridgehead atoms. The summed E-state index contributed by atoms with van der Waals surface area (Å²) in [4.78, 5) is 36.0. The molecule has 0 aromatic heterocycles. The van der Waals surface area contributed by atoms with E-state index in [0.717, 1.165) is 17.7 Å². The van der Waals surface area contributed by atoms with E-state index in [1.807, 2.05) is 31.2 Å². The molecule has 0 atom stereocenters. The van der Waals surface area contributed by atoms with Gasteiger partial charge in [-0.25, -0.2) is 0 Å². The molecule has 0 radical (unpaired) electrons. The summed E-state index contributed by atoms with van der Waals surface area (Å²) in [6.07, 6.45) is 0.809. The lowest BCUT2D eigenvalue weighted by molar-refractivity contribution is -0.384. The van der Waals surface area contributed by atoms with E-state index in [4.69, 9.17) is 0 Å². The highest BCUT2D eigenvalue weighted by Crippen LogP contribution is 2.16. The Morgan fingerprint density at radius 3 is 2.19 bits per heavy atom. The van der Waals surface area contributed by atoms with Crippen LogP contribution in [0.1, 0.15) is 12.5 Å². The Kier molecular flexibility index (Phi) is 7.01. The quantitative estimate of drug-likeness (QED) is 0.549. The fourth-order valence-electron chi connectivity index (χ4n) is 2.55. The summed E-state index contributed by atoms with van der Waals surface area (Å²) >= 11 is 0. The van der Waals surface area contributed by atoms with E-state index in [1.165, 1.54) is 24.3 Å². The number of hydrogen-bond donors (Lipinski definition) is 2. The lowest BCUT2D eigenvalue weighted by Crippen LogP contribution is -2.36. The van der Waals surface area contributed by atoms with Gasteiger partial charge in [-0.05, 0) is 37.2 Å². The zero-order chi connectivity index (χ0) is 19.8. The van der Waals surface area contributed by atoms with Gasteiger partial charge in [-0.3, -0.25) is 24.6 Å². The van der Waals surface area contributed by atoms with Crippen molar-refractivity contribution in [2.24, 2.45) is 0 Å². The lowest BCUT2D eigenvalue weighted by atomic mass is 10.1. The molecule has 27 heavy (non-hydrogen) atoms. The van der Waals surface area contributed by atoms with Crippen LogP contribution in [-0.2, 0) is 16.0 Å². The maximum Gasteiger partial charge on any atom is 0.269 e. The van der Waals surface area contributed by atoms with Gasteiger partial charge in [0.25, 0.3) is 5.69 Å². The molecule has 0 aliphatic rings. The number of nitro benzene ring substituents is 1. The summed E-state index contributed by atoms with van der Waals surface area (Å²) in [7, 11) is 1.67. The third kappa shape index (κ3) is 6.19. The summed E-state index contributed by atoms with van der Waals surface area (Å²) in [6.45, 7) is 2.09. The highest BCUT2D eigenvalue weighted by molar-refractivity contribution is 5.95. The number of rotatable bonds is 8. The third-order valence-corrected chi connectivity index (χ3v) is 3.86. The van der Waals surface area contributed by atoms with Gasteiger partial charge in [0.15, 0.2) is 0 Å². The highest BCUT2D eigenvalue weighted by atomic mass is 16.6. The molecule has 0 aliphatic carbocycles. The van der Waals surface area contributed by atoms with E-state index in [9.17, 15) is 19.7 Å². The third-order valence-electron chi connectivity index (χ3n) is 3.86. The summed E-state index contributed by atoms with van der Waals surface area (Å²) in [6, 6.07) is 13.1. The smallest absolute Gasteiger partial charge is 0.269 e. The topological polar surface area (TPSA) is 105 Å². The van der Waals surface area contributed by atoms with Crippen molar-refractivity contribution in [2.45, 2.75) is 13.3 Å². The molecule has 0 unspecified atom stereocenters. The van der Waals surface area contributed by atoms with Gasteiger partial charge in [0.2, 0.25) is 11.8 Å². The molecule has 2 aromatic carbocycles. The first-order valence-corrected chi connectivity index (χ1v) is 8.49. The SMILES string of the molecule is CCc1ccccc1NC(=O)CN(C)CC(=O)Nc1ccc([N+](=O)[O-])cc1. The predicted octanol–water partition coefficient (Wildman–Crippen LogP) is 2.67. The van der Waals surface area contributed by atoms with Crippen molar-refractivity contribution in [1.82, 2.24) is 4.90 Å². The molecule has 2 amide bonds. The second-order valence-corrected chi connectivity index (χ2v) is 6.08. The Labute approximate surface area is 157 Å². The summed E-state index contributed by atoms with van der Waals surface area (Å²) in [5.41, 5.74) is 2.23. The van der Waals surface area contributed by atoms with Crippen molar-refractivity contribution < 1.29 is 14.5 Å². The van der Waals surface area contributed by atoms with Crippen LogP contribution in [0.15, 0.2) is 48.5 Å². The highest BCUT2D eigenvalue weighted by Gasteiger charge is 2.13. The van der Waals surface area contributed by atoms with E-state index in [2.05, 4.69) is 10.6 Å². The first kappa shape index (κ1) is 20.1. The largest absolute Gasteiger partial charge is 0.325 e. The van der Waals surface area contributed by atoms with Crippen LogP contribution in [0.4, 0.5) is 17.1 Å². The van der Waals surface area contributed by atoms with Gasteiger partial charge in [-0.1, -0.05) is 25.1 Å². The maximum absolute atomic E-state index is 12.2. The zero-order valence-corrected chi connectivity index (χ0v) is 15.3. The van der Waals surface area contributed by atoms with Crippen LogP contribution in [0.2, 0.25) is 0 Å². The predicted molar refractivity (Wildman–Crippen MR) is 104 cm³/mol. The van der Waals surface area contributed by atoms with Crippen molar-refractivity contribution in [3.63, 3.8) is 0 Å². The molecule has 0 saturated carbocycles. The monoisotopic (exact) mass is 370 g/mol. The number of hydrogen-bond acceptors (Lipinski definition) is 5. The Bertz CT molecular complexity index is 821. The molecule has 142 valence electrons. The molecule has 2 rings (SSSR count). The Hall–Kier alpha value is -3.26. The first-order valence-electron chi connectivity index (χ1n) is 8.49. The summed E-state index contributed by atoms with van der Waals surface area (Å²) < 4.78 is 0. The number of carbonyl (C=O) groups is 2. The number of anilines is 2. The molecule has 0 saturated heterocycles. The van der Waals surface area contributed by atoms with Crippen molar-refractivity contribution in [2.75, 3.05) is 30.8 Å². The molecule has 0 aliphatic heterocycles. The summed E-state index contributed by atoms with van der Waals surface area (Å²) in [5, 5.41) is 16.1.